The maximum absolute atomic E-state index is 12.4. The molecule has 0 saturated carbocycles. The minimum absolute atomic E-state index is 0.0723. The van der Waals surface area contributed by atoms with E-state index in [9.17, 15) is 4.79 Å². The third-order valence-corrected chi connectivity index (χ3v) is 4.54. The zero-order valence-corrected chi connectivity index (χ0v) is 15.0. The van der Waals surface area contributed by atoms with Crippen LogP contribution in [-0.2, 0) is 20.1 Å². The standard InChI is InChI=1S/C22H19N3O2/c1-25-20-5-3-2-4-19(20)24-22(25)15-27-18-8-6-17(7-9-18)21(26)14-16-10-12-23-13-11-16/h2-13H,14-15H2,1H3. The van der Waals surface area contributed by atoms with Crippen LogP contribution in [0.1, 0.15) is 21.7 Å². The first-order valence-electron chi connectivity index (χ1n) is 8.76. The molecule has 5 heteroatoms. The number of benzene rings is 2. The van der Waals surface area contributed by atoms with Crippen LogP contribution in [0.15, 0.2) is 73.1 Å². The number of aryl methyl sites for hydroxylation is 1. The molecule has 0 atom stereocenters. The maximum atomic E-state index is 12.4. The predicted molar refractivity (Wildman–Crippen MR) is 104 cm³/mol. The lowest BCUT2D eigenvalue weighted by molar-refractivity contribution is 0.0993. The molecule has 0 unspecified atom stereocenters. The van der Waals surface area contributed by atoms with E-state index in [1.54, 1.807) is 24.5 Å². The molecule has 27 heavy (non-hydrogen) atoms. The highest BCUT2D eigenvalue weighted by Crippen LogP contribution is 2.18. The predicted octanol–water partition coefficient (Wildman–Crippen LogP) is 3.97. The van der Waals surface area contributed by atoms with Gasteiger partial charge in [0.2, 0.25) is 0 Å². The molecular formula is C22H19N3O2. The number of ketones is 1. The van der Waals surface area contributed by atoms with Crippen molar-refractivity contribution in [3.63, 3.8) is 0 Å². The fourth-order valence-electron chi connectivity index (χ4n) is 3.00. The molecule has 2 heterocycles. The lowest BCUT2D eigenvalue weighted by Crippen LogP contribution is -2.05. The normalized spacial score (nSPS) is 10.9. The number of para-hydroxylation sites is 2. The van der Waals surface area contributed by atoms with Crippen molar-refractivity contribution >= 4 is 16.8 Å². The van der Waals surface area contributed by atoms with Crippen LogP contribution in [0.25, 0.3) is 11.0 Å². The third-order valence-electron chi connectivity index (χ3n) is 4.54. The molecule has 4 aromatic rings. The van der Waals surface area contributed by atoms with E-state index in [2.05, 4.69) is 9.97 Å². The van der Waals surface area contributed by atoms with Crippen molar-refractivity contribution in [1.82, 2.24) is 14.5 Å². The van der Waals surface area contributed by atoms with Crippen LogP contribution in [0.4, 0.5) is 0 Å². The van der Waals surface area contributed by atoms with Crippen molar-refractivity contribution in [2.45, 2.75) is 13.0 Å². The first kappa shape index (κ1) is 17.0. The SMILES string of the molecule is Cn1c(COc2ccc(C(=O)Cc3ccncc3)cc2)nc2ccccc21. The van der Waals surface area contributed by atoms with E-state index in [-0.39, 0.29) is 5.78 Å². The number of aromatic nitrogens is 3. The molecule has 0 N–H and O–H groups in total. The van der Waals surface area contributed by atoms with Gasteiger partial charge in [0.1, 0.15) is 18.2 Å². The molecule has 0 aliphatic rings. The monoisotopic (exact) mass is 357 g/mol. The molecule has 0 fully saturated rings. The average molecular weight is 357 g/mol. The number of carbonyl (C=O) groups is 1. The van der Waals surface area contributed by atoms with Crippen LogP contribution in [0, 0.1) is 0 Å². The van der Waals surface area contributed by atoms with Gasteiger partial charge in [-0.25, -0.2) is 4.98 Å². The summed E-state index contributed by atoms with van der Waals surface area (Å²) in [5, 5.41) is 0. The maximum Gasteiger partial charge on any atom is 0.167 e. The largest absolute Gasteiger partial charge is 0.486 e. The summed E-state index contributed by atoms with van der Waals surface area (Å²) in [6.45, 7) is 0.371. The number of Topliss-reactive ketones (excluding diaryl/α,β-unsaturated/α-hetero) is 1. The van der Waals surface area contributed by atoms with Crippen LogP contribution >= 0.6 is 0 Å². The number of imidazole rings is 1. The molecule has 0 aliphatic heterocycles. The van der Waals surface area contributed by atoms with E-state index in [0.29, 0.717) is 24.3 Å². The van der Waals surface area contributed by atoms with Crippen molar-refractivity contribution < 1.29 is 9.53 Å². The Bertz CT molecular complexity index is 1070. The fraction of sp³-hybridized carbons (Fsp3) is 0.136. The van der Waals surface area contributed by atoms with Gasteiger partial charge in [-0.15, -0.1) is 0 Å². The number of hydrogen-bond acceptors (Lipinski definition) is 4. The highest BCUT2D eigenvalue weighted by molar-refractivity contribution is 5.97. The smallest absolute Gasteiger partial charge is 0.167 e. The van der Waals surface area contributed by atoms with Crippen LogP contribution in [0.3, 0.4) is 0 Å². The van der Waals surface area contributed by atoms with Gasteiger partial charge in [-0.1, -0.05) is 12.1 Å². The minimum atomic E-state index is 0.0723. The topological polar surface area (TPSA) is 57.0 Å². The first-order chi connectivity index (χ1) is 13.2. The number of pyridine rings is 1. The molecule has 0 aliphatic carbocycles. The second kappa shape index (κ2) is 7.41. The molecule has 4 rings (SSSR count). The first-order valence-corrected chi connectivity index (χ1v) is 8.76. The van der Waals surface area contributed by atoms with Crippen molar-refractivity contribution in [3.05, 3.63) is 90.0 Å². The van der Waals surface area contributed by atoms with E-state index in [1.807, 2.05) is 60.1 Å². The highest BCUT2D eigenvalue weighted by atomic mass is 16.5. The van der Waals surface area contributed by atoms with Gasteiger partial charge in [-0.3, -0.25) is 9.78 Å². The lowest BCUT2D eigenvalue weighted by atomic mass is 10.0. The zero-order chi connectivity index (χ0) is 18.6. The summed E-state index contributed by atoms with van der Waals surface area (Å²) in [6.07, 6.45) is 3.75. The second-order valence-electron chi connectivity index (χ2n) is 6.34. The summed E-state index contributed by atoms with van der Waals surface area (Å²) in [5.74, 6) is 1.64. The third kappa shape index (κ3) is 3.72. The van der Waals surface area contributed by atoms with Crippen molar-refractivity contribution in [2.24, 2.45) is 7.05 Å². The summed E-state index contributed by atoms with van der Waals surface area (Å²) in [4.78, 5) is 20.9. The van der Waals surface area contributed by atoms with E-state index in [4.69, 9.17) is 4.74 Å². The van der Waals surface area contributed by atoms with Gasteiger partial charge in [-0.2, -0.15) is 0 Å². The van der Waals surface area contributed by atoms with Gasteiger partial charge in [0, 0.05) is 31.4 Å². The molecule has 0 bridgehead atoms. The number of nitrogens with zero attached hydrogens (tertiary/aromatic N) is 3. The van der Waals surface area contributed by atoms with Crippen LogP contribution in [0.2, 0.25) is 0 Å². The van der Waals surface area contributed by atoms with Crippen LogP contribution < -0.4 is 4.74 Å². The Morgan fingerprint density at radius 1 is 1.00 bits per heavy atom. The van der Waals surface area contributed by atoms with Gasteiger partial charge >= 0.3 is 0 Å². The van der Waals surface area contributed by atoms with Gasteiger partial charge in [0.25, 0.3) is 0 Å². The summed E-state index contributed by atoms with van der Waals surface area (Å²) in [6, 6.07) is 18.9. The summed E-state index contributed by atoms with van der Waals surface area (Å²) in [5.41, 5.74) is 3.66. The quantitative estimate of drug-likeness (QED) is 0.490. The van der Waals surface area contributed by atoms with E-state index in [0.717, 1.165) is 22.4 Å². The lowest BCUT2D eigenvalue weighted by Gasteiger charge is -2.07. The molecular weight excluding hydrogens is 338 g/mol. The number of fused-ring (bicyclic) bond motifs is 1. The Hall–Kier alpha value is -3.47. The molecule has 0 radical (unpaired) electrons. The number of rotatable bonds is 6. The van der Waals surface area contributed by atoms with E-state index in [1.165, 1.54) is 0 Å². The van der Waals surface area contributed by atoms with Gasteiger partial charge in [0.15, 0.2) is 5.78 Å². The van der Waals surface area contributed by atoms with Crippen LogP contribution in [0.5, 0.6) is 5.75 Å². The van der Waals surface area contributed by atoms with Crippen LogP contribution in [-0.4, -0.2) is 20.3 Å². The summed E-state index contributed by atoms with van der Waals surface area (Å²) >= 11 is 0. The molecule has 2 aromatic heterocycles. The Balaban J connectivity index is 1.41. The molecule has 2 aromatic carbocycles. The molecule has 0 saturated heterocycles. The Morgan fingerprint density at radius 2 is 1.74 bits per heavy atom. The molecule has 0 amide bonds. The second-order valence-corrected chi connectivity index (χ2v) is 6.34. The minimum Gasteiger partial charge on any atom is -0.486 e. The Morgan fingerprint density at radius 3 is 2.48 bits per heavy atom. The van der Waals surface area contributed by atoms with E-state index >= 15 is 0 Å². The Labute approximate surface area is 157 Å². The van der Waals surface area contributed by atoms with Crippen molar-refractivity contribution in [1.29, 1.82) is 0 Å². The molecule has 0 spiro atoms. The summed E-state index contributed by atoms with van der Waals surface area (Å²) < 4.78 is 7.88. The number of hydrogen-bond donors (Lipinski definition) is 0. The number of ether oxygens (including phenoxy) is 1. The van der Waals surface area contributed by atoms with Gasteiger partial charge < -0.3 is 9.30 Å². The summed E-state index contributed by atoms with van der Waals surface area (Å²) in [7, 11) is 1.98. The highest BCUT2D eigenvalue weighted by Gasteiger charge is 2.09. The fourth-order valence-corrected chi connectivity index (χ4v) is 3.00. The van der Waals surface area contributed by atoms with E-state index < -0.39 is 0 Å². The molecule has 134 valence electrons. The average Bonchev–Trinajstić information content (AvgIpc) is 3.03. The van der Waals surface area contributed by atoms with Crippen molar-refractivity contribution in [2.75, 3.05) is 0 Å². The van der Waals surface area contributed by atoms with Gasteiger partial charge in [0.05, 0.1) is 11.0 Å². The van der Waals surface area contributed by atoms with Crippen molar-refractivity contribution in [3.8, 4) is 5.75 Å². The number of carbonyl (C=O) groups excluding carboxylic acids is 1. The Kier molecular flexibility index (Phi) is 4.66. The van der Waals surface area contributed by atoms with Gasteiger partial charge in [-0.05, 0) is 54.1 Å². The molecule has 5 nitrogen and oxygen atoms in total. The zero-order valence-electron chi connectivity index (χ0n) is 15.0.